The maximum atomic E-state index is 10.2. The number of rotatable bonds is 12. The van der Waals surface area contributed by atoms with Gasteiger partial charge in [-0.3, -0.25) is 9.59 Å². The Morgan fingerprint density at radius 1 is 0.882 bits per heavy atom. The Balaban J connectivity index is 2.98. The van der Waals surface area contributed by atoms with Crippen molar-refractivity contribution < 1.29 is 24.5 Å². The lowest BCUT2D eigenvalue weighted by molar-refractivity contribution is -0.138. The molecule has 0 saturated carbocycles. The van der Waals surface area contributed by atoms with Gasteiger partial charge in [-0.1, -0.05) is 0 Å². The molecule has 0 unspecified atom stereocenters. The number of hydrogen-bond acceptors (Lipinski definition) is 5. The van der Waals surface area contributed by atoms with Crippen molar-refractivity contribution in [1.29, 1.82) is 0 Å². The van der Waals surface area contributed by atoms with Crippen LogP contribution in [0.5, 0.6) is 0 Å². The molecule has 2 N–H and O–H groups in total. The molecule has 5 nitrogen and oxygen atoms in total. The molecule has 7 heteroatoms. The molecule has 0 spiro atoms. The molecule has 0 heterocycles. The molecular formula is C10H18O5S2. The van der Waals surface area contributed by atoms with Crippen LogP contribution in [0.3, 0.4) is 0 Å². The summed E-state index contributed by atoms with van der Waals surface area (Å²) in [6.07, 6.45) is 1.73. The van der Waals surface area contributed by atoms with E-state index in [-0.39, 0.29) is 12.8 Å². The van der Waals surface area contributed by atoms with Crippen molar-refractivity contribution in [2.24, 2.45) is 0 Å². The summed E-state index contributed by atoms with van der Waals surface area (Å²) in [6, 6.07) is 0. The molecule has 0 aromatic heterocycles. The highest BCUT2D eigenvalue weighted by Gasteiger charge is 1.98. The monoisotopic (exact) mass is 282 g/mol. The molecule has 0 saturated heterocycles. The fraction of sp³-hybridized carbons (Fsp3) is 0.800. The quantitative estimate of drug-likeness (QED) is 0.419. The predicted molar refractivity (Wildman–Crippen MR) is 69.5 cm³/mol. The fourth-order valence-electron chi connectivity index (χ4n) is 0.921. The zero-order valence-corrected chi connectivity index (χ0v) is 11.2. The molecule has 0 radical (unpaired) electrons. The van der Waals surface area contributed by atoms with Gasteiger partial charge in [0.25, 0.3) is 0 Å². The van der Waals surface area contributed by atoms with E-state index < -0.39 is 11.9 Å². The first-order valence-corrected chi connectivity index (χ1v) is 7.60. The minimum Gasteiger partial charge on any atom is -0.481 e. The van der Waals surface area contributed by atoms with Crippen LogP contribution < -0.4 is 0 Å². The average Bonchev–Trinajstić information content (AvgIpc) is 2.25. The summed E-state index contributed by atoms with van der Waals surface area (Å²) in [5.41, 5.74) is 0. The van der Waals surface area contributed by atoms with Gasteiger partial charge >= 0.3 is 11.9 Å². The van der Waals surface area contributed by atoms with Crippen molar-refractivity contribution in [1.82, 2.24) is 0 Å². The van der Waals surface area contributed by atoms with Crippen molar-refractivity contribution in [3.8, 4) is 0 Å². The van der Waals surface area contributed by atoms with Crippen LogP contribution in [0.1, 0.15) is 25.7 Å². The third kappa shape index (κ3) is 15.6. The Labute approximate surface area is 109 Å². The summed E-state index contributed by atoms with van der Waals surface area (Å²) < 4.78 is 5.28. The van der Waals surface area contributed by atoms with Gasteiger partial charge in [0, 0.05) is 12.8 Å². The van der Waals surface area contributed by atoms with E-state index in [2.05, 4.69) is 0 Å². The van der Waals surface area contributed by atoms with Crippen LogP contribution in [0, 0.1) is 0 Å². The molecule has 0 rings (SSSR count). The number of carboxylic acids is 2. The maximum Gasteiger partial charge on any atom is 0.303 e. The minimum absolute atomic E-state index is 0.205. The Morgan fingerprint density at radius 2 is 1.29 bits per heavy atom. The van der Waals surface area contributed by atoms with E-state index in [0.717, 1.165) is 11.5 Å². The smallest absolute Gasteiger partial charge is 0.303 e. The molecule has 100 valence electrons. The topological polar surface area (TPSA) is 83.8 Å². The van der Waals surface area contributed by atoms with Gasteiger partial charge in [0.05, 0.1) is 11.9 Å². The second kappa shape index (κ2) is 12.1. The first-order chi connectivity index (χ1) is 8.13. The lowest BCUT2D eigenvalue weighted by Gasteiger charge is -2.03. The number of aliphatic carboxylic acids is 2. The van der Waals surface area contributed by atoms with Gasteiger partial charge in [0.15, 0.2) is 0 Å². The van der Waals surface area contributed by atoms with Crippen molar-refractivity contribution in [2.45, 2.75) is 25.7 Å². The molecule has 0 bridgehead atoms. The van der Waals surface area contributed by atoms with Crippen LogP contribution in [-0.4, -0.2) is 45.5 Å². The standard InChI is InChI=1S/C10H18O5S2/c11-9(12)3-1-5-16-7-15-8-17-6-2-4-10(13)14/h1-8H2,(H,11,12)(H,13,14). The fourth-order valence-corrected chi connectivity index (χ4v) is 2.36. The van der Waals surface area contributed by atoms with Crippen molar-refractivity contribution in [3.05, 3.63) is 0 Å². The van der Waals surface area contributed by atoms with E-state index in [9.17, 15) is 9.59 Å². The van der Waals surface area contributed by atoms with Gasteiger partial charge in [-0.2, -0.15) is 0 Å². The molecule has 0 aliphatic carbocycles. The third-order valence-corrected chi connectivity index (χ3v) is 3.51. The molecule has 0 aliphatic heterocycles. The summed E-state index contributed by atoms with van der Waals surface area (Å²) in [6.45, 7) is 0. The van der Waals surface area contributed by atoms with Gasteiger partial charge in [0.1, 0.15) is 0 Å². The third-order valence-electron chi connectivity index (χ3n) is 1.69. The largest absolute Gasteiger partial charge is 0.481 e. The van der Waals surface area contributed by atoms with E-state index in [1.165, 1.54) is 0 Å². The van der Waals surface area contributed by atoms with Crippen LogP contribution in [0.25, 0.3) is 0 Å². The first-order valence-electron chi connectivity index (χ1n) is 5.29. The lowest BCUT2D eigenvalue weighted by Crippen LogP contribution is -1.98. The number of thioether (sulfide) groups is 2. The summed E-state index contributed by atoms with van der Waals surface area (Å²) in [5.74, 6) is 1.17. The van der Waals surface area contributed by atoms with E-state index in [1.54, 1.807) is 23.5 Å². The SMILES string of the molecule is O=C(O)CCCSCOCSCCCC(=O)O. The molecule has 0 amide bonds. The summed E-state index contributed by atoms with van der Waals surface area (Å²) in [5, 5.41) is 16.8. The molecule has 0 aromatic rings. The molecule has 0 atom stereocenters. The molecular weight excluding hydrogens is 264 g/mol. The van der Waals surface area contributed by atoms with Crippen LogP contribution >= 0.6 is 23.5 Å². The molecule has 0 aromatic carbocycles. The van der Waals surface area contributed by atoms with E-state index >= 15 is 0 Å². The van der Waals surface area contributed by atoms with Crippen LogP contribution in [0.2, 0.25) is 0 Å². The van der Waals surface area contributed by atoms with E-state index in [4.69, 9.17) is 14.9 Å². The second-order valence-electron chi connectivity index (χ2n) is 3.25. The Kier molecular flexibility index (Phi) is 11.8. The normalized spacial score (nSPS) is 10.4. The summed E-state index contributed by atoms with van der Waals surface area (Å²) >= 11 is 3.14. The van der Waals surface area contributed by atoms with Crippen LogP contribution in [0.4, 0.5) is 0 Å². The Morgan fingerprint density at radius 3 is 1.65 bits per heavy atom. The average molecular weight is 282 g/mol. The highest BCUT2D eigenvalue weighted by atomic mass is 32.2. The number of ether oxygens (including phenoxy) is 1. The molecule has 0 fully saturated rings. The lowest BCUT2D eigenvalue weighted by atomic mass is 10.3. The van der Waals surface area contributed by atoms with Gasteiger partial charge < -0.3 is 14.9 Å². The van der Waals surface area contributed by atoms with Gasteiger partial charge in [0.2, 0.25) is 0 Å². The van der Waals surface area contributed by atoms with E-state index in [0.29, 0.717) is 24.7 Å². The Bertz CT molecular complexity index is 201. The number of carbonyl (C=O) groups is 2. The van der Waals surface area contributed by atoms with Crippen molar-refractivity contribution >= 4 is 35.5 Å². The van der Waals surface area contributed by atoms with Crippen molar-refractivity contribution in [2.75, 3.05) is 23.4 Å². The zero-order valence-electron chi connectivity index (χ0n) is 9.59. The highest BCUT2D eigenvalue weighted by Crippen LogP contribution is 2.09. The van der Waals surface area contributed by atoms with Gasteiger partial charge in [-0.15, -0.1) is 23.5 Å². The molecule has 17 heavy (non-hydrogen) atoms. The summed E-state index contributed by atoms with van der Waals surface area (Å²) in [7, 11) is 0. The summed E-state index contributed by atoms with van der Waals surface area (Å²) in [4.78, 5) is 20.4. The number of hydrogen-bond donors (Lipinski definition) is 2. The Hall–Kier alpha value is -0.400. The van der Waals surface area contributed by atoms with Crippen LogP contribution in [-0.2, 0) is 14.3 Å². The highest BCUT2D eigenvalue weighted by molar-refractivity contribution is 7.99. The predicted octanol–water partition coefficient (Wildman–Crippen LogP) is 2.11. The van der Waals surface area contributed by atoms with Gasteiger partial charge in [-0.25, -0.2) is 0 Å². The van der Waals surface area contributed by atoms with Gasteiger partial charge in [-0.05, 0) is 24.3 Å². The van der Waals surface area contributed by atoms with Crippen LogP contribution in [0.15, 0.2) is 0 Å². The van der Waals surface area contributed by atoms with Crippen molar-refractivity contribution in [3.63, 3.8) is 0 Å². The first kappa shape index (κ1) is 16.6. The molecule has 0 aliphatic rings. The second-order valence-corrected chi connectivity index (χ2v) is 5.36. The maximum absolute atomic E-state index is 10.2. The van der Waals surface area contributed by atoms with E-state index in [1.807, 2.05) is 0 Å². The number of carboxylic acid groups (broad SMARTS) is 2. The minimum atomic E-state index is -0.763. The zero-order chi connectivity index (χ0) is 12.9.